The van der Waals surface area contributed by atoms with E-state index in [-0.39, 0.29) is 40.8 Å². The van der Waals surface area contributed by atoms with Crippen molar-refractivity contribution in [2.24, 2.45) is 0 Å². The van der Waals surface area contributed by atoms with Crippen LogP contribution in [0.1, 0.15) is 27.6 Å². The number of thiophene rings is 1. The molecule has 2 amide bonds. The summed E-state index contributed by atoms with van der Waals surface area (Å²) < 4.78 is 31.8. The lowest BCUT2D eigenvalue weighted by Gasteiger charge is -2.13. The summed E-state index contributed by atoms with van der Waals surface area (Å²) in [6.45, 7) is 0.803. The van der Waals surface area contributed by atoms with Gasteiger partial charge in [0.25, 0.3) is 11.8 Å². The van der Waals surface area contributed by atoms with Gasteiger partial charge in [0, 0.05) is 16.0 Å². The van der Waals surface area contributed by atoms with E-state index in [1.54, 1.807) is 61.9 Å². The zero-order valence-electron chi connectivity index (χ0n) is 25.8. The molecule has 4 aromatic rings. The Morgan fingerprint density at radius 2 is 1.45 bits per heavy atom. The number of esters is 2. The molecule has 4 rings (SSSR count). The second-order valence-corrected chi connectivity index (χ2v) is 10.8. The van der Waals surface area contributed by atoms with Crippen LogP contribution in [0.3, 0.4) is 0 Å². The van der Waals surface area contributed by atoms with Gasteiger partial charge in [0.1, 0.15) is 22.1 Å². The number of anilines is 2. The summed E-state index contributed by atoms with van der Waals surface area (Å²) in [5.74, 6) is -1.17. The first-order chi connectivity index (χ1) is 22.7. The van der Waals surface area contributed by atoms with Crippen LogP contribution in [0, 0.1) is 0 Å². The number of hydrogen-bond donors (Lipinski definition) is 2. The number of methoxy groups -OCH3 is 3. The van der Waals surface area contributed by atoms with Crippen molar-refractivity contribution in [3.63, 3.8) is 0 Å². The molecular weight excluding hydrogens is 652 g/mol. The second-order valence-electron chi connectivity index (χ2n) is 9.47. The minimum absolute atomic E-state index is 0.0697. The van der Waals surface area contributed by atoms with Crippen molar-refractivity contribution in [2.45, 2.75) is 6.92 Å². The van der Waals surface area contributed by atoms with Gasteiger partial charge in [-0.1, -0.05) is 23.7 Å². The van der Waals surface area contributed by atoms with Gasteiger partial charge in [0.2, 0.25) is 0 Å². The zero-order chi connectivity index (χ0) is 33.9. The van der Waals surface area contributed by atoms with E-state index >= 15 is 0 Å². The Balaban J connectivity index is 1.37. The van der Waals surface area contributed by atoms with Crippen LogP contribution in [0.2, 0.25) is 5.02 Å². The summed E-state index contributed by atoms with van der Waals surface area (Å²) in [7, 11) is 4.38. The average Bonchev–Trinajstić information content (AvgIpc) is 3.49. The Morgan fingerprint density at radius 3 is 2.13 bits per heavy atom. The Kier molecular flexibility index (Phi) is 12.0. The number of ether oxygens (including phenoxy) is 6. The molecule has 47 heavy (non-hydrogen) atoms. The summed E-state index contributed by atoms with van der Waals surface area (Å²) in [6.07, 6.45) is 0. The van der Waals surface area contributed by atoms with Crippen LogP contribution >= 0.6 is 22.9 Å². The number of nitrogens with one attached hydrogen (secondary N) is 2. The lowest BCUT2D eigenvalue weighted by Crippen LogP contribution is -2.22. The molecule has 0 aliphatic rings. The highest BCUT2D eigenvalue weighted by atomic mass is 35.5. The molecule has 2 N–H and O–H groups in total. The molecule has 0 radical (unpaired) electrons. The van der Waals surface area contributed by atoms with Gasteiger partial charge in [0.15, 0.2) is 24.7 Å². The van der Waals surface area contributed by atoms with Crippen LogP contribution in [-0.2, 0) is 19.1 Å². The topological polar surface area (TPSA) is 148 Å². The van der Waals surface area contributed by atoms with Gasteiger partial charge in [0.05, 0.1) is 39.2 Å². The van der Waals surface area contributed by atoms with Crippen LogP contribution in [0.15, 0.2) is 66.0 Å². The van der Waals surface area contributed by atoms with Crippen molar-refractivity contribution in [1.82, 2.24) is 0 Å². The van der Waals surface area contributed by atoms with Gasteiger partial charge in [-0.3, -0.25) is 9.59 Å². The van der Waals surface area contributed by atoms with Crippen LogP contribution in [0.25, 0.3) is 11.1 Å². The fourth-order valence-electron chi connectivity index (χ4n) is 4.24. The average molecular weight is 683 g/mol. The summed E-state index contributed by atoms with van der Waals surface area (Å²) in [4.78, 5) is 50.9. The van der Waals surface area contributed by atoms with E-state index in [0.717, 1.165) is 16.9 Å². The van der Waals surface area contributed by atoms with Gasteiger partial charge in [-0.05, 0) is 61.0 Å². The lowest BCUT2D eigenvalue weighted by molar-refractivity contribution is -0.119. The molecule has 0 fully saturated rings. The molecule has 12 nitrogen and oxygen atoms in total. The standard InChI is InChI=1S/C33H31ClN2O10S/c1-5-44-33(40)30-23(19-6-10-22(41-2)11-7-19)18-47-31(30)36-29(38)17-46-32(39)20-8-12-26(27(14-20)43-4)45-16-28(37)35-24-15-21(34)9-13-25(24)42-3/h6-15,18H,5,16-17H2,1-4H3,(H,35,37)(H,36,38). The van der Waals surface area contributed by atoms with Gasteiger partial charge in [-0.25, -0.2) is 9.59 Å². The predicted molar refractivity (Wildman–Crippen MR) is 176 cm³/mol. The number of halogens is 1. The van der Waals surface area contributed by atoms with Crippen molar-refractivity contribution in [1.29, 1.82) is 0 Å². The third kappa shape index (κ3) is 8.93. The Bertz CT molecular complexity index is 1760. The lowest BCUT2D eigenvalue weighted by atomic mass is 10.0. The fourth-order valence-corrected chi connectivity index (χ4v) is 5.38. The number of amides is 2. The SMILES string of the molecule is CCOC(=O)c1c(-c2ccc(OC)cc2)csc1NC(=O)COC(=O)c1ccc(OCC(=O)Nc2cc(Cl)ccc2OC)c(OC)c1. The number of benzene rings is 3. The van der Waals surface area contributed by atoms with Crippen LogP contribution in [-0.4, -0.2) is 64.9 Å². The fraction of sp³-hybridized carbons (Fsp3) is 0.212. The number of hydrogen-bond acceptors (Lipinski definition) is 11. The van der Waals surface area contributed by atoms with Crippen molar-refractivity contribution in [2.75, 3.05) is 51.8 Å². The number of carbonyl (C=O) groups is 4. The van der Waals surface area contributed by atoms with Crippen molar-refractivity contribution < 1.29 is 47.6 Å². The van der Waals surface area contributed by atoms with Crippen molar-refractivity contribution in [3.8, 4) is 34.1 Å². The first kappa shape index (κ1) is 34.6. The smallest absolute Gasteiger partial charge is 0.341 e. The summed E-state index contributed by atoms with van der Waals surface area (Å²) in [5, 5.41) is 7.68. The minimum Gasteiger partial charge on any atom is -0.497 e. The molecule has 0 aliphatic carbocycles. The summed E-state index contributed by atoms with van der Waals surface area (Å²) in [5.41, 5.74) is 1.92. The summed E-state index contributed by atoms with van der Waals surface area (Å²) in [6, 6.07) is 16.0. The highest BCUT2D eigenvalue weighted by molar-refractivity contribution is 7.15. The van der Waals surface area contributed by atoms with E-state index < -0.39 is 30.4 Å². The van der Waals surface area contributed by atoms with E-state index in [2.05, 4.69) is 10.6 Å². The molecule has 1 heterocycles. The van der Waals surface area contributed by atoms with E-state index in [4.69, 9.17) is 40.0 Å². The maximum Gasteiger partial charge on any atom is 0.341 e. The Hall–Kier alpha value is -5.27. The van der Waals surface area contributed by atoms with E-state index in [1.807, 2.05) is 0 Å². The third-order valence-corrected chi connectivity index (χ3v) is 7.58. The molecule has 0 spiro atoms. The van der Waals surface area contributed by atoms with E-state index in [1.165, 1.54) is 32.4 Å². The van der Waals surface area contributed by atoms with Gasteiger partial charge < -0.3 is 39.1 Å². The third-order valence-electron chi connectivity index (χ3n) is 6.45. The molecule has 1 aromatic heterocycles. The molecule has 0 atom stereocenters. The zero-order valence-corrected chi connectivity index (χ0v) is 27.4. The molecular formula is C33H31ClN2O10S. The van der Waals surface area contributed by atoms with E-state index in [0.29, 0.717) is 27.8 Å². The normalized spacial score (nSPS) is 10.4. The molecule has 0 unspecified atom stereocenters. The molecule has 0 saturated carbocycles. The van der Waals surface area contributed by atoms with Crippen LogP contribution in [0.4, 0.5) is 10.7 Å². The number of rotatable bonds is 14. The maximum absolute atomic E-state index is 12.8. The number of carbonyl (C=O) groups excluding carboxylic acids is 4. The Morgan fingerprint density at radius 1 is 0.745 bits per heavy atom. The quantitative estimate of drug-likeness (QED) is 0.150. The molecule has 0 aliphatic heterocycles. The second kappa shape index (κ2) is 16.3. The molecule has 0 bridgehead atoms. The molecule has 14 heteroatoms. The van der Waals surface area contributed by atoms with E-state index in [9.17, 15) is 19.2 Å². The van der Waals surface area contributed by atoms with Gasteiger partial charge in [-0.15, -0.1) is 11.3 Å². The van der Waals surface area contributed by atoms with Crippen LogP contribution < -0.4 is 29.6 Å². The maximum atomic E-state index is 12.8. The van der Waals surface area contributed by atoms with Crippen LogP contribution in [0.5, 0.6) is 23.0 Å². The van der Waals surface area contributed by atoms with Crippen molar-refractivity contribution in [3.05, 3.63) is 82.2 Å². The highest BCUT2D eigenvalue weighted by Gasteiger charge is 2.24. The Labute approximate surface area is 279 Å². The minimum atomic E-state index is -0.813. The monoisotopic (exact) mass is 682 g/mol. The van der Waals surface area contributed by atoms with Gasteiger partial charge in [-0.2, -0.15) is 0 Å². The first-order valence-corrected chi connectivity index (χ1v) is 15.3. The first-order valence-electron chi connectivity index (χ1n) is 14.0. The summed E-state index contributed by atoms with van der Waals surface area (Å²) >= 11 is 7.14. The van der Waals surface area contributed by atoms with Gasteiger partial charge >= 0.3 is 11.9 Å². The molecule has 3 aromatic carbocycles. The predicted octanol–water partition coefficient (Wildman–Crippen LogP) is 6.08. The highest BCUT2D eigenvalue weighted by Crippen LogP contribution is 2.37. The molecule has 246 valence electrons. The van der Waals surface area contributed by atoms with Crippen molar-refractivity contribution >= 4 is 57.4 Å². The molecule has 0 saturated heterocycles. The largest absolute Gasteiger partial charge is 0.497 e.